The fourth-order valence-electron chi connectivity index (χ4n) is 5.58. The average molecular weight is 1190 g/mol. The lowest BCUT2D eigenvalue weighted by Crippen LogP contribution is -2.00. The molecule has 0 saturated heterocycles. The fraction of sp³-hybridized carbons (Fsp3) is 0.0727. The number of hydrogen-bond donors (Lipinski definition) is 9. The van der Waals surface area contributed by atoms with Crippen LogP contribution in [-0.4, -0.2) is 106 Å². The number of nitrogens with two attached hydrogens (primary N) is 2. The summed E-state index contributed by atoms with van der Waals surface area (Å²) < 4.78 is 44.7. The van der Waals surface area contributed by atoms with Crippen LogP contribution in [0.25, 0.3) is 6.08 Å². The van der Waals surface area contributed by atoms with Crippen LogP contribution in [-0.2, 0) is 4.79 Å². The van der Waals surface area contributed by atoms with Gasteiger partial charge in [-0.05, 0) is 143 Å². The lowest BCUT2D eigenvalue weighted by Gasteiger charge is -2.07. The van der Waals surface area contributed by atoms with Crippen molar-refractivity contribution in [1.82, 2.24) is 0 Å². The molecule has 7 aromatic rings. The van der Waals surface area contributed by atoms with Gasteiger partial charge >= 0.3 is 41.8 Å². The summed E-state index contributed by atoms with van der Waals surface area (Å²) in [4.78, 5) is 92.4. The molecule has 28 heteroatoms. The molecular formula is C55H48Cl2F2N4O20. The number of aliphatic carboxylic acids is 1. The molecule has 436 valence electrons. The quantitative estimate of drug-likeness (QED) is 0.0277. The number of methoxy groups -OCH3 is 4. The van der Waals surface area contributed by atoms with Gasteiger partial charge in [0, 0.05) is 28.5 Å². The minimum absolute atomic E-state index is 0.0270. The van der Waals surface area contributed by atoms with Gasteiger partial charge in [-0.15, -0.1) is 9.81 Å². The van der Waals surface area contributed by atoms with Crippen LogP contribution in [0, 0.1) is 21.4 Å². The highest BCUT2D eigenvalue weighted by Crippen LogP contribution is 2.28. The van der Waals surface area contributed by atoms with Crippen LogP contribution in [0.4, 0.5) is 31.5 Å². The van der Waals surface area contributed by atoms with Crippen LogP contribution in [0.2, 0.25) is 10.0 Å². The minimum Gasteiger partial charge on any atom is -0.497 e. The van der Waals surface area contributed by atoms with Crippen molar-refractivity contribution < 1.29 is 97.0 Å². The molecule has 7 rings (SSSR count). The van der Waals surface area contributed by atoms with E-state index in [1.54, 1.807) is 31.4 Å². The van der Waals surface area contributed by atoms with Crippen LogP contribution in [0.15, 0.2) is 156 Å². The molecule has 0 aromatic heterocycles. The zero-order valence-electron chi connectivity index (χ0n) is 43.4. The summed E-state index contributed by atoms with van der Waals surface area (Å²) in [5, 5.41) is 65.2. The Morgan fingerprint density at radius 1 is 0.470 bits per heavy atom. The van der Waals surface area contributed by atoms with Gasteiger partial charge in [0.15, 0.2) is 11.5 Å². The van der Waals surface area contributed by atoms with E-state index < -0.39 is 59.0 Å². The summed E-state index contributed by atoms with van der Waals surface area (Å²) in [6, 6.07) is 31.4. The van der Waals surface area contributed by atoms with Crippen LogP contribution >= 0.6 is 23.2 Å². The summed E-state index contributed by atoms with van der Waals surface area (Å²) in [5.74, 6) is -7.27. The van der Waals surface area contributed by atoms with Crippen molar-refractivity contribution in [1.29, 1.82) is 0 Å². The Kier molecular flexibility index (Phi) is 30.6. The van der Waals surface area contributed by atoms with E-state index in [0.29, 0.717) is 45.5 Å². The van der Waals surface area contributed by atoms with Crippen molar-refractivity contribution in [2.75, 3.05) is 39.9 Å². The first kappa shape index (κ1) is 70.0. The number of carboxylic acid groups (broad SMARTS) is 7. The van der Waals surface area contributed by atoms with E-state index in [4.69, 9.17) is 89.4 Å². The van der Waals surface area contributed by atoms with E-state index in [2.05, 4.69) is 10.4 Å². The van der Waals surface area contributed by atoms with Crippen LogP contribution in [0.5, 0.6) is 23.0 Å². The molecule has 0 aliphatic heterocycles. The summed E-state index contributed by atoms with van der Waals surface area (Å²) >= 11 is 11.1. The minimum atomic E-state index is -1.47. The van der Waals surface area contributed by atoms with Crippen molar-refractivity contribution in [3.05, 3.63) is 216 Å². The molecule has 24 nitrogen and oxygen atoms in total. The Labute approximate surface area is 478 Å². The first-order valence-electron chi connectivity index (χ1n) is 22.3. The van der Waals surface area contributed by atoms with E-state index >= 15 is 0 Å². The molecular weight excluding hydrogens is 1150 g/mol. The number of aromatic carboxylic acids is 6. The Morgan fingerprint density at radius 2 is 1.02 bits per heavy atom. The monoisotopic (exact) mass is 1190 g/mol. The third-order valence-corrected chi connectivity index (χ3v) is 9.99. The zero-order valence-corrected chi connectivity index (χ0v) is 44.9. The Bertz CT molecular complexity index is 3360. The number of ether oxygens (including phenoxy) is 4. The molecule has 0 saturated carbocycles. The maximum Gasteiger partial charge on any atom is 0.339 e. The molecule has 11 N–H and O–H groups in total. The SMILES string of the molecule is COc1ccc(/C=C/C(=O)O)cc1OC.COc1ccc(C(=O)O)c(OC)c1.Nc1cc(N)cc(C(=O)O)c1.O=C(O)c1cc(Cl)ccc1Cl.O=C(O)c1cc(F)ccc1F.O=Nc1ccc(C(=O)O)cc1.O=Nc1cccc(C(=O)O)c1. The van der Waals surface area contributed by atoms with Crippen LogP contribution < -0.4 is 30.4 Å². The summed E-state index contributed by atoms with van der Waals surface area (Å²) in [6.45, 7) is 0. The normalized spacial score (nSPS) is 9.54. The summed E-state index contributed by atoms with van der Waals surface area (Å²) in [7, 11) is 6.00. The third-order valence-electron chi connectivity index (χ3n) is 9.43. The smallest absolute Gasteiger partial charge is 0.339 e. The number of carboxylic acids is 7. The maximum absolute atomic E-state index is 12.5. The van der Waals surface area contributed by atoms with Gasteiger partial charge in [-0.2, -0.15) is 0 Å². The highest BCUT2D eigenvalue weighted by molar-refractivity contribution is 6.35. The fourth-order valence-corrected chi connectivity index (χ4v) is 5.95. The Hall–Kier alpha value is -11.0. The largest absolute Gasteiger partial charge is 0.497 e. The molecule has 0 bridgehead atoms. The topological polar surface area (TPSA) is 409 Å². The van der Waals surface area contributed by atoms with E-state index in [0.717, 1.165) is 23.8 Å². The lowest BCUT2D eigenvalue weighted by atomic mass is 10.2. The van der Waals surface area contributed by atoms with Gasteiger partial charge in [-0.3, -0.25) is 0 Å². The van der Waals surface area contributed by atoms with Gasteiger partial charge in [-0.1, -0.05) is 35.3 Å². The number of nitrogen functional groups attached to an aromatic ring is 2. The number of carbonyl (C=O) groups is 7. The highest BCUT2D eigenvalue weighted by atomic mass is 35.5. The van der Waals surface area contributed by atoms with Crippen molar-refractivity contribution in [3.63, 3.8) is 0 Å². The molecule has 0 aliphatic rings. The van der Waals surface area contributed by atoms with Gasteiger partial charge in [0.2, 0.25) is 0 Å². The highest BCUT2D eigenvalue weighted by Gasteiger charge is 2.13. The molecule has 0 spiro atoms. The molecule has 0 fully saturated rings. The zero-order chi connectivity index (χ0) is 62.9. The molecule has 0 radical (unpaired) electrons. The number of benzene rings is 7. The van der Waals surface area contributed by atoms with E-state index in [1.807, 2.05) is 0 Å². The van der Waals surface area contributed by atoms with Crippen molar-refractivity contribution in [3.8, 4) is 23.0 Å². The third kappa shape index (κ3) is 26.0. The summed E-state index contributed by atoms with van der Waals surface area (Å²) in [5.41, 5.74) is 12.4. The first-order chi connectivity index (χ1) is 39.1. The van der Waals surface area contributed by atoms with Crippen molar-refractivity contribution in [2.24, 2.45) is 10.4 Å². The second-order valence-corrected chi connectivity index (χ2v) is 15.9. The number of hydrogen-bond acceptors (Lipinski definition) is 17. The lowest BCUT2D eigenvalue weighted by molar-refractivity contribution is -0.131. The van der Waals surface area contributed by atoms with E-state index in [9.17, 15) is 52.2 Å². The van der Waals surface area contributed by atoms with Gasteiger partial charge in [0.05, 0.1) is 61.3 Å². The Balaban J connectivity index is 0.000000486. The standard InChI is InChI=1S/C11H12O4.C9H10O4.C7H4Cl2O2.C7H4F2O2.C7H8N2O2.2C7H5NO3/c1-14-9-5-3-8(4-6-11(12)13)7-10(9)15-2;1-12-6-3-4-7(9(10)11)8(5-6)13-2;2*8-4-1-2-6(9)5(3-4)7(10)11;8-5-1-4(7(10)11)2-6(9)3-5;9-7(10)5-1-3-6(8-11)4-2-5;9-7(10)5-2-1-3-6(4-5)8-11/h3-7H,1-2H3,(H,12,13);3-5H,1-2H3,(H,10,11);2*1-3H,(H,10,11);1-3H,8-9H2,(H,10,11);2*1-4H,(H,9,10)/b6-4+;;;;;;. The molecule has 0 heterocycles. The second kappa shape index (κ2) is 36.2. The number of nitroso groups, excluding NO2 is 2. The van der Waals surface area contributed by atoms with Crippen molar-refractivity contribution in [2.45, 2.75) is 0 Å². The number of anilines is 2. The Morgan fingerprint density at radius 3 is 1.48 bits per heavy atom. The number of rotatable bonds is 14. The van der Waals surface area contributed by atoms with E-state index in [-0.39, 0.29) is 44.2 Å². The molecule has 0 unspecified atom stereocenters. The van der Waals surface area contributed by atoms with Gasteiger partial charge in [0.25, 0.3) is 0 Å². The predicted molar refractivity (Wildman–Crippen MR) is 299 cm³/mol. The van der Waals surface area contributed by atoms with Gasteiger partial charge < -0.3 is 66.2 Å². The maximum atomic E-state index is 12.5. The first-order valence-corrected chi connectivity index (χ1v) is 23.1. The summed E-state index contributed by atoms with van der Waals surface area (Å²) in [6.07, 6.45) is 2.56. The van der Waals surface area contributed by atoms with Crippen LogP contribution in [0.3, 0.4) is 0 Å². The second-order valence-electron chi connectivity index (χ2n) is 15.1. The average Bonchev–Trinajstić information content (AvgIpc) is 3.52. The van der Waals surface area contributed by atoms with Gasteiger partial charge in [0.1, 0.15) is 40.1 Å². The predicted octanol–water partition coefficient (Wildman–Crippen LogP) is 11.7. The molecule has 7 aromatic carbocycles. The van der Waals surface area contributed by atoms with Crippen molar-refractivity contribution >= 4 is 93.8 Å². The van der Waals surface area contributed by atoms with E-state index in [1.165, 1.54) is 124 Å². The number of nitrogens with zero attached hydrogens (tertiary/aromatic N) is 2. The molecule has 0 aliphatic carbocycles. The van der Waals surface area contributed by atoms with Crippen LogP contribution in [0.1, 0.15) is 67.7 Å². The molecule has 0 amide bonds. The molecule has 0 atom stereocenters. The number of halogens is 4. The van der Waals surface area contributed by atoms with Gasteiger partial charge in [-0.25, -0.2) is 42.3 Å². The molecule has 83 heavy (non-hydrogen) atoms.